The van der Waals surface area contributed by atoms with Gasteiger partial charge in [-0.25, -0.2) is 0 Å². The van der Waals surface area contributed by atoms with E-state index < -0.39 is 0 Å². The zero-order valence-electron chi connectivity index (χ0n) is 27.3. The number of benzene rings is 9. The van der Waals surface area contributed by atoms with Crippen LogP contribution in [-0.4, -0.2) is 0 Å². The SMILES string of the molecule is c1cc(-c2cccc3oc4ccccc4c23)cc(N(c2ccc(-c3cccc4ccccc34)cc2)c2cc3ccccc3c3ccccc23)c1. The van der Waals surface area contributed by atoms with Gasteiger partial charge >= 0.3 is 0 Å². The van der Waals surface area contributed by atoms with Crippen LogP contribution in [0.1, 0.15) is 0 Å². The van der Waals surface area contributed by atoms with E-state index in [1.807, 2.05) is 12.1 Å². The number of para-hydroxylation sites is 1. The van der Waals surface area contributed by atoms with Crippen molar-refractivity contribution in [3.05, 3.63) is 188 Å². The first-order valence-electron chi connectivity index (χ1n) is 17.1. The second kappa shape index (κ2) is 11.5. The summed E-state index contributed by atoms with van der Waals surface area (Å²) in [6, 6.07) is 67.6. The fourth-order valence-corrected chi connectivity index (χ4v) is 7.74. The van der Waals surface area contributed by atoms with Gasteiger partial charge in [0.25, 0.3) is 0 Å². The fraction of sp³-hybridized carbons (Fsp3) is 0. The minimum Gasteiger partial charge on any atom is -0.456 e. The molecule has 234 valence electrons. The first-order chi connectivity index (χ1) is 24.8. The Kier molecular flexibility index (Phi) is 6.53. The molecule has 0 aliphatic carbocycles. The molecule has 1 aromatic heterocycles. The van der Waals surface area contributed by atoms with Crippen molar-refractivity contribution < 1.29 is 4.42 Å². The van der Waals surface area contributed by atoms with Crippen molar-refractivity contribution in [3.8, 4) is 22.3 Å². The molecule has 0 aliphatic rings. The van der Waals surface area contributed by atoms with Crippen molar-refractivity contribution in [2.24, 2.45) is 0 Å². The smallest absolute Gasteiger partial charge is 0.136 e. The molecule has 0 atom stereocenters. The third kappa shape index (κ3) is 4.57. The lowest BCUT2D eigenvalue weighted by Gasteiger charge is -2.28. The Labute approximate surface area is 290 Å². The van der Waals surface area contributed by atoms with E-state index in [2.05, 4.69) is 181 Å². The zero-order valence-corrected chi connectivity index (χ0v) is 27.3. The summed E-state index contributed by atoms with van der Waals surface area (Å²) in [6.45, 7) is 0. The molecular weight excluding hydrogens is 607 g/mol. The summed E-state index contributed by atoms with van der Waals surface area (Å²) in [4.78, 5) is 2.42. The second-order valence-corrected chi connectivity index (χ2v) is 12.9. The molecule has 2 heteroatoms. The molecule has 10 aromatic rings. The topological polar surface area (TPSA) is 16.4 Å². The third-order valence-corrected chi connectivity index (χ3v) is 10.0. The molecular formula is C48H31NO. The summed E-state index contributed by atoms with van der Waals surface area (Å²) in [5.74, 6) is 0. The quantitative estimate of drug-likeness (QED) is 0.175. The molecule has 0 saturated carbocycles. The Bertz CT molecular complexity index is 2870. The maximum Gasteiger partial charge on any atom is 0.136 e. The van der Waals surface area contributed by atoms with Crippen molar-refractivity contribution in [1.82, 2.24) is 0 Å². The average molecular weight is 638 g/mol. The minimum absolute atomic E-state index is 0.899. The van der Waals surface area contributed by atoms with E-state index in [1.54, 1.807) is 0 Å². The van der Waals surface area contributed by atoms with Gasteiger partial charge in [0, 0.05) is 27.5 Å². The molecule has 0 saturated heterocycles. The number of fused-ring (bicyclic) bond motifs is 7. The average Bonchev–Trinajstić information content (AvgIpc) is 3.57. The van der Waals surface area contributed by atoms with E-state index in [0.29, 0.717) is 0 Å². The Morgan fingerprint density at radius 1 is 0.340 bits per heavy atom. The molecule has 1 heterocycles. The van der Waals surface area contributed by atoms with Crippen molar-refractivity contribution in [3.63, 3.8) is 0 Å². The van der Waals surface area contributed by atoms with Gasteiger partial charge in [-0.3, -0.25) is 0 Å². The van der Waals surface area contributed by atoms with Crippen molar-refractivity contribution >= 4 is 71.3 Å². The van der Waals surface area contributed by atoms with Crippen LogP contribution in [0.4, 0.5) is 17.1 Å². The summed E-state index contributed by atoms with van der Waals surface area (Å²) in [7, 11) is 0. The standard InChI is InChI=1S/C48H31NO/c1-3-17-38-32(12-1)14-10-22-39(38)33-26-28-36(29-27-33)49(45-31-35-13-2-4-18-40(35)42-19-5-6-20-43(42)45)37-16-9-15-34(30-37)41-23-11-25-47-48(41)44-21-7-8-24-46(44)50-47/h1-31H. The van der Waals surface area contributed by atoms with Gasteiger partial charge < -0.3 is 9.32 Å². The van der Waals surface area contributed by atoms with Crippen LogP contribution in [0, 0.1) is 0 Å². The van der Waals surface area contributed by atoms with Crippen molar-refractivity contribution in [2.75, 3.05) is 4.90 Å². The van der Waals surface area contributed by atoms with Crippen LogP contribution in [0.5, 0.6) is 0 Å². The van der Waals surface area contributed by atoms with Gasteiger partial charge in [0.1, 0.15) is 11.2 Å². The Morgan fingerprint density at radius 2 is 0.960 bits per heavy atom. The van der Waals surface area contributed by atoms with Gasteiger partial charge in [-0.15, -0.1) is 0 Å². The number of hydrogen-bond acceptors (Lipinski definition) is 2. The summed E-state index contributed by atoms with van der Waals surface area (Å²) >= 11 is 0. The predicted molar refractivity (Wildman–Crippen MR) is 212 cm³/mol. The lowest BCUT2D eigenvalue weighted by atomic mass is 9.96. The maximum absolute atomic E-state index is 6.28. The molecule has 0 fully saturated rings. The monoisotopic (exact) mass is 637 g/mol. The molecule has 0 unspecified atom stereocenters. The van der Waals surface area contributed by atoms with Crippen molar-refractivity contribution in [1.29, 1.82) is 0 Å². The molecule has 50 heavy (non-hydrogen) atoms. The van der Waals surface area contributed by atoms with Crippen LogP contribution in [0.2, 0.25) is 0 Å². The Hall–Kier alpha value is -6.64. The Balaban J connectivity index is 1.19. The number of anilines is 3. The molecule has 10 rings (SSSR count). The highest BCUT2D eigenvalue weighted by molar-refractivity contribution is 6.15. The van der Waals surface area contributed by atoms with Gasteiger partial charge in [0.15, 0.2) is 0 Å². The lowest BCUT2D eigenvalue weighted by Crippen LogP contribution is -2.11. The van der Waals surface area contributed by atoms with E-state index >= 15 is 0 Å². The van der Waals surface area contributed by atoms with Crippen LogP contribution < -0.4 is 4.90 Å². The van der Waals surface area contributed by atoms with Crippen LogP contribution in [-0.2, 0) is 0 Å². The first-order valence-corrected chi connectivity index (χ1v) is 17.1. The van der Waals surface area contributed by atoms with E-state index in [9.17, 15) is 0 Å². The zero-order chi connectivity index (χ0) is 33.0. The second-order valence-electron chi connectivity index (χ2n) is 12.9. The summed E-state index contributed by atoms with van der Waals surface area (Å²) in [5.41, 5.74) is 9.86. The molecule has 0 N–H and O–H groups in total. The number of hydrogen-bond donors (Lipinski definition) is 0. The summed E-state index contributed by atoms with van der Waals surface area (Å²) < 4.78 is 6.28. The van der Waals surface area contributed by atoms with Crippen molar-refractivity contribution in [2.45, 2.75) is 0 Å². The molecule has 2 nitrogen and oxygen atoms in total. The molecule has 0 aliphatic heterocycles. The minimum atomic E-state index is 0.899. The van der Waals surface area contributed by atoms with E-state index in [1.165, 1.54) is 43.4 Å². The normalized spacial score (nSPS) is 11.6. The molecule has 0 amide bonds. The van der Waals surface area contributed by atoms with Gasteiger partial charge in [0.2, 0.25) is 0 Å². The summed E-state index contributed by atoms with van der Waals surface area (Å²) in [5, 5.41) is 9.69. The highest BCUT2D eigenvalue weighted by atomic mass is 16.3. The number of rotatable bonds is 5. The van der Waals surface area contributed by atoms with Crippen LogP contribution in [0.15, 0.2) is 192 Å². The van der Waals surface area contributed by atoms with Crippen LogP contribution >= 0.6 is 0 Å². The molecule has 9 aromatic carbocycles. The van der Waals surface area contributed by atoms with Gasteiger partial charge in [-0.05, 0) is 91.6 Å². The largest absolute Gasteiger partial charge is 0.456 e. The highest BCUT2D eigenvalue weighted by Crippen LogP contribution is 2.44. The van der Waals surface area contributed by atoms with Gasteiger partial charge in [-0.1, -0.05) is 146 Å². The Morgan fingerprint density at radius 3 is 1.82 bits per heavy atom. The number of nitrogens with zero attached hydrogens (tertiary/aromatic N) is 1. The van der Waals surface area contributed by atoms with Crippen LogP contribution in [0.25, 0.3) is 76.5 Å². The molecule has 0 radical (unpaired) electrons. The highest BCUT2D eigenvalue weighted by Gasteiger charge is 2.19. The van der Waals surface area contributed by atoms with E-state index in [4.69, 9.17) is 4.42 Å². The fourth-order valence-electron chi connectivity index (χ4n) is 7.74. The van der Waals surface area contributed by atoms with E-state index in [0.717, 1.165) is 50.1 Å². The van der Waals surface area contributed by atoms with E-state index in [-0.39, 0.29) is 0 Å². The lowest BCUT2D eigenvalue weighted by molar-refractivity contribution is 0.669. The first kappa shape index (κ1) is 28.4. The third-order valence-electron chi connectivity index (χ3n) is 10.0. The molecule has 0 spiro atoms. The molecule has 0 bridgehead atoms. The van der Waals surface area contributed by atoms with Crippen LogP contribution in [0.3, 0.4) is 0 Å². The van der Waals surface area contributed by atoms with Gasteiger partial charge in [-0.2, -0.15) is 0 Å². The van der Waals surface area contributed by atoms with Gasteiger partial charge in [0.05, 0.1) is 5.69 Å². The number of furan rings is 1. The summed E-state index contributed by atoms with van der Waals surface area (Å²) in [6.07, 6.45) is 0. The maximum atomic E-state index is 6.28. The predicted octanol–water partition coefficient (Wildman–Crippen LogP) is 13.8.